The number of thiophene rings is 1. The van der Waals surface area contributed by atoms with Crippen LogP contribution in [0.15, 0.2) is 34.1 Å². The Morgan fingerprint density at radius 3 is 2.52 bits per heavy atom. The van der Waals surface area contributed by atoms with Crippen molar-refractivity contribution in [3.05, 3.63) is 50.1 Å². The number of aryl methyl sites for hydroxylation is 1. The molecule has 0 spiro atoms. The lowest BCUT2D eigenvalue weighted by atomic mass is 10.2. The highest BCUT2D eigenvalue weighted by molar-refractivity contribution is 9.11. The fraction of sp³-hybridized carbons (Fsp3) is 0.312. The monoisotopic (exact) mass is 367 g/mol. The first-order chi connectivity index (χ1) is 10.0. The third kappa shape index (κ3) is 4.08. The minimum Gasteiger partial charge on any atom is -0.494 e. The molecular formula is C16H18BrNO2S. The van der Waals surface area contributed by atoms with Gasteiger partial charge in [-0.3, -0.25) is 4.79 Å². The van der Waals surface area contributed by atoms with Gasteiger partial charge in [0.05, 0.1) is 15.3 Å². The van der Waals surface area contributed by atoms with Crippen LogP contribution in [0, 0.1) is 6.92 Å². The van der Waals surface area contributed by atoms with Gasteiger partial charge in [-0.25, -0.2) is 0 Å². The second-order valence-electron chi connectivity index (χ2n) is 4.81. The van der Waals surface area contributed by atoms with Crippen molar-refractivity contribution in [2.45, 2.75) is 20.4 Å². The third-order valence-electron chi connectivity index (χ3n) is 3.07. The Hall–Kier alpha value is -1.33. The van der Waals surface area contributed by atoms with Crippen molar-refractivity contribution in [3.8, 4) is 5.75 Å². The lowest BCUT2D eigenvalue weighted by molar-refractivity contribution is 0.0790. The van der Waals surface area contributed by atoms with Crippen molar-refractivity contribution in [2.75, 3.05) is 13.7 Å². The number of ether oxygens (including phenoxy) is 1. The standard InChI is InChI=1S/C16H18BrNO2S/c1-4-20-13-7-5-12(6-8-13)10-18(3)16(19)14-9-11(2)15(17)21-14/h5-9H,4,10H2,1-3H3. The highest BCUT2D eigenvalue weighted by atomic mass is 79.9. The fourth-order valence-electron chi connectivity index (χ4n) is 1.96. The molecular weight excluding hydrogens is 350 g/mol. The van der Waals surface area contributed by atoms with Gasteiger partial charge >= 0.3 is 0 Å². The van der Waals surface area contributed by atoms with Crippen LogP contribution in [-0.4, -0.2) is 24.5 Å². The van der Waals surface area contributed by atoms with Crippen LogP contribution in [0.5, 0.6) is 5.75 Å². The summed E-state index contributed by atoms with van der Waals surface area (Å²) in [6.45, 7) is 5.19. The molecule has 1 amide bonds. The molecule has 0 saturated heterocycles. The fourth-order valence-corrected chi connectivity index (χ4v) is 3.49. The first-order valence-corrected chi connectivity index (χ1v) is 8.35. The lowest BCUT2D eigenvalue weighted by Gasteiger charge is -2.16. The van der Waals surface area contributed by atoms with Gasteiger partial charge in [-0.15, -0.1) is 11.3 Å². The van der Waals surface area contributed by atoms with Gasteiger partial charge in [0, 0.05) is 13.6 Å². The van der Waals surface area contributed by atoms with Crippen LogP contribution < -0.4 is 4.74 Å². The van der Waals surface area contributed by atoms with Gasteiger partial charge in [-0.1, -0.05) is 12.1 Å². The normalized spacial score (nSPS) is 10.5. The quantitative estimate of drug-likeness (QED) is 0.778. The Kier molecular flexibility index (Phi) is 5.42. The SMILES string of the molecule is CCOc1ccc(CN(C)C(=O)c2cc(C)c(Br)s2)cc1. The van der Waals surface area contributed by atoms with Gasteiger partial charge in [0.15, 0.2) is 0 Å². The predicted octanol–water partition coefficient (Wildman–Crippen LogP) is 4.49. The van der Waals surface area contributed by atoms with E-state index in [1.54, 1.807) is 4.90 Å². The number of hydrogen-bond acceptors (Lipinski definition) is 3. The summed E-state index contributed by atoms with van der Waals surface area (Å²) < 4.78 is 6.43. The number of nitrogens with zero attached hydrogens (tertiary/aromatic N) is 1. The molecule has 0 bridgehead atoms. The molecule has 2 aromatic rings. The molecule has 1 aromatic heterocycles. The van der Waals surface area contributed by atoms with Crippen LogP contribution in [0.3, 0.4) is 0 Å². The average Bonchev–Trinajstić information content (AvgIpc) is 2.80. The zero-order chi connectivity index (χ0) is 15.4. The van der Waals surface area contributed by atoms with Crippen molar-refractivity contribution >= 4 is 33.2 Å². The van der Waals surface area contributed by atoms with E-state index in [2.05, 4.69) is 15.9 Å². The maximum absolute atomic E-state index is 12.4. The van der Waals surface area contributed by atoms with Crippen molar-refractivity contribution in [3.63, 3.8) is 0 Å². The molecule has 0 saturated carbocycles. The van der Waals surface area contributed by atoms with Gasteiger partial charge in [0.1, 0.15) is 5.75 Å². The summed E-state index contributed by atoms with van der Waals surface area (Å²) in [4.78, 5) is 14.9. The molecule has 0 atom stereocenters. The number of rotatable bonds is 5. The van der Waals surface area contributed by atoms with E-state index < -0.39 is 0 Å². The maximum Gasteiger partial charge on any atom is 0.264 e. The number of halogens is 1. The molecule has 21 heavy (non-hydrogen) atoms. The van der Waals surface area contributed by atoms with E-state index in [1.807, 2.05) is 51.2 Å². The molecule has 0 aliphatic heterocycles. The molecule has 1 heterocycles. The zero-order valence-corrected chi connectivity index (χ0v) is 14.8. The van der Waals surface area contributed by atoms with Gasteiger partial charge in [0.25, 0.3) is 5.91 Å². The molecule has 2 rings (SSSR count). The highest BCUT2D eigenvalue weighted by Crippen LogP contribution is 2.28. The summed E-state index contributed by atoms with van der Waals surface area (Å²) in [7, 11) is 1.82. The Bertz CT molecular complexity index is 602. The van der Waals surface area contributed by atoms with Crippen LogP contribution in [0.1, 0.15) is 27.7 Å². The predicted molar refractivity (Wildman–Crippen MR) is 90.2 cm³/mol. The van der Waals surface area contributed by atoms with Gasteiger partial charge < -0.3 is 9.64 Å². The second kappa shape index (κ2) is 7.09. The van der Waals surface area contributed by atoms with Gasteiger partial charge in [0.2, 0.25) is 0 Å². The summed E-state index contributed by atoms with van der Waals surface area (Å²) in [5.41, 5.74) is 2.18. The van der Waals surface area contributed by atoms with E-state index in [9.17, 15) is 4.79 Å². The summed E-state index contributed by atoms with van der Waals surface area (Å²) >= 11 is 4.93. The third-order valence-corrected chi connectivity index (χ3v) is 5.19. The summed E-state index contributed by atoms with van der Waals surface area (Å²) in [6.07, 6.45) is 0. The van der Waals surface area contributed by atoms with Crippen LogP contribution in [0.2, 0.25) is 0 Å². The Morgan fingerprint density at radius 1 is 1.33 bits per heavy atom. The first kappa shape index (κ1) is 16.0. The molecule has 0 unspecified atom stereocenters. The molecule has 0 radical (unpaired) electrons. The van der Waals surface area contributed by atoms with E-state index in [4.69, 9.17) is 4.74 Å². The molecule has 3 nitrogen and oxygen atoms in total. The number of hydrogen-bond donors (Lipinski definition) is 0. The van der Waals surface area contributed by atoms with Gasteiger partial charge in [-0.2, -0.15) is 0 Å². The number of carbonyl (C=O) groups excluding carboxylic acids is 1. The molecule has 1 aromatic carbocycles. The molecule has 0 fully saturated rings. The minimum atomic E-state index is 0.0442. The number of benzene rings is 1. The molecule has 112 valence electrons. The van der Waals surface area contributed by atoms with Crippen LogP contribution in [0.25, 0.3) is 0 Å². The Labute approximate surface area is 137 Å². The Morgan fingerprint density at radius 2 is 2.00 bits per heavy atom. The van der Waals surface area contributed by atoms with Crippen LogP contribution in [0.4, 0.5) is 0 Å². The average molecular weight is 368 g/mol. The Balaban J connectivity index is 2.03. The summed E-state index contributed by atoms with van der Waals surface area (Å²) in [5, 5.41) is 0. The van der Waals surface area contributed by atoms with E-state index >= 15 is 0 Å². The summed E-state index contributed by atoms with van der Waals surface area (Å²) in [6, 6.07) is 9.77. The van der Waals surface area contributed by atoms with Crippen molar-refractivity contribution in [1.82, 2.24) is 4.90 Å². The molecule has 5 heteroatoms. The van der Waals surface area contributed by atoms with E-state index in [0.29, 0.717) is 13.2 Å². The molecule has 0 aliphatic rings. The number of carbonyl (C=O) groups is 1. The van der Waals surface area contributed by atoms with E-state index in [-0.39, 0.29) is 5.91 Å². The maximum atomic E-state index is 12.4. The van der Waals surface area contributed by atoms with Crippen molar-refractivity contribution in [2.24, 2.45) is 0 Å². The van der Waals surface area contributed by atoms with Crippen LogP contribution in [-0.2, 0) is 6.54 Å². The highest BCUT2D eigenvalue weighted by Gasteiger charge is 2.15. The molecule has 0 N–H and O–H groups in total. The number of amides is 1. The van der Waals surface area contributed by atoms with Gasteiger partial charge in [-0.05, 0) is 59.1 Å². The second-order valence-corrected chi connectivity index (χ2v) is 7.18. The van der Waals surface area contributed by atoms with Crippen molar-refractivity contribution < 1.29 is 9.53 Å². The smallest absolute Gasteiger partial charge is 0.264 e. The minimum absolute atomic E-state index is 0.0442. The largest absolute Gasteiger partial charge is 0.494 e. The molecule has 0 aliphatic carbocycles. The first-order valence-electron chi connectivity index (χ1n) is 6.74. The van der Waals surface area contributed by atoms with Crippen molar-refractivity contribution in [1.29, 1.82) is 0 Å². The zero-order valence-electron chi connectivity index (χ0n) is 12.4. The van der Waals surface area contributed by atoms with E-state index in [1.165, 1.54) is 11.3 Å². The summed E-state index contributed by atoms with van der Waals surface area (Å²) in [5.74, 6) is 0.899. The lowest BCUT2D eigenvalue weighted by Crippen LogP contribution is -2.25. The van der Waals surface area contributed by atoms with E-state index in [0.717, 1.165) is 25.5 Å². The topological polar surface area (TPSA) is 29.5 Å². The van der Waals surface area contributed by atoms with Crippen LogP contribution >= 0.6 is 27.3 Å².